The molecule has 1 N–H and O–H groups in total. The number of aromatic hydroxyl groups is 1. The fourth-order valence-corrected chi connectivity index (χ4v) is 1.82. The molecule has 0 spiro atoms. The van der Waals surface area contributed by atoms with Crippen molar-refractivity contribution in [3.05, 3.63) is 47.3 Å². The van der Waals surface area contributed by atoms with Crippen LogP contribution >= 0.6 is 0 Å². The fraction of sp³-hybridized carbons (Fsp3) is 0.286. The molecule has 0 aliphatic rings. The summed E-state index contributed by atoms with van der Waals surface area (Å²) in [5.74, 6) is -0.188. The van der Waals surface area contributed by atoms with Crippen molar-refractivity contribution in [1.82, 2.24) is 9.78 Å². The first kappa shape index (κ1) is 12.4. The van der Waals surface area contributed by atoms with Crippen LogP contribution in [0.5, 0.6) is 5.75 Å². The number of hydrogen-bond acceptors (Lipinski definition) is 3. The summed E-state index contributed by atoms with van der Waals surface area (Å²) in [6.07, 6.45) is 4.22. The zero-order valence-electron chi connectivity index (χ0n) is 10.6. The van der Waals surface area contributed by atoms with Gasteiger partial charge >= 0.3 is 0 Å². The van der Waals surface area contributed by atoms with Gasteiger partial charge in [0.15, 0.2) is 5.78 Å². The van der Waals surface area contributed by atoms with Crippen LogP contribution in [0.15, 0.2) is 30.6 Å². The van der Waals surface area contributed by atoms with Crippen LogP contribution in [0.2, 0.25) is 0 Å². The molecule has 4 heteroatoms. The smallest absolute Gasteiger partial charge is 0.199 e. The minimum Gasteiger partial charge on any atom is -0.507 e. The predicted octanol–water partition coefficient (Wildman–Crippen LogP) is 2.54. The fourth-order valence-electron chi connectivity index (χ4n) is 1.82. The summed E-state index contributed by atoms with van der Waals surface area (Å²) in [7, 11) is 0. The molecule has 0 bridgehead atoms. The molecule has 0 unspecified atom stereocenters. The van der Waals surface area contributed by atoms with Crippen molar-refractivity contribution < 1.29 is 9.90 Å². The number of ketones is 1. The molecule has 1 heterocycles. The second-order valence-electron chi connectivity index (χ2n) is 4.34. The van der Waals surface area contributed by atoms with Crippen molar-refractivity contribution in [1.29, 1.82) is 0 Å². The molecule has 2 aromatic rings. The van der Waals surface area contributed by atoms with E-state index >= 15 is 0 Å². The molecule has 0 amide bonds. The van der Waals surface area contributed by atoms with Gasteiger partial charge in [-0.3, -0.25) is 9.48 Å². The van der Waals surface area contributed by atoms with Crippen molar-refractivity contribution in [3.8, 4) is 5.75 Å². The number of carbonyl (C=O) groups excluding carboxylic acids is 1. The van der Waals surface area contributed by atoms with E-state index in [1.807, 2.05) is 6.92 Å². The Hall–Kier alpha value is -2.10. The van der Waals surface area contributed by atoms with Gasteiger partial charge in [-0.05, 0) is 25.5 Å². The normalized spacial score (nSPS) is 10.6. The van der Waals surface area contributed by atoms with E-state index in [0.717, 1.165) is 18.5 Å². The molecule has 4 nitrogen and oxygen atoms in total. The van der Waals surface area contributed by atoms with Gasteiger partial charge in [-0.2, -0.15) is 5.10 Å². The summed E-state index contributed by atoms with van der Waals surface area (Å²) >= 11 is 0. The maximum atomic E-state index is 12.2. The third kappa shape index (κ3) is 2.42. The third-order valence-electron chi connectivity index (χ3n) is 2.74. The van der Waals surface area contributed by atoms with Crippen LogP contribution in [-0.4, -0.2) is 20.7 Å². The second kappa shape index (κ2) is 5.04. The van der Waals surface area contributed by atoms with Crippen LogP contribution < -0.4 is 0 Å². The Morgan fingerprint density at radius 3 is 2.94 bits per heavy atom. The van der Waals surface area contributed by atoms with Crippen molar-refractivity contribution >= 4 is 5.78 Å². The van der Waals surface area contributed by atoms with E-state index in [1.165, 1.54) is 0 Å². The molecule has 18 heavy (non-hydrogen) atoms. The molecule has 2 rings (SSSR count). The monoisotopic (exact) mass is 244 g/mol. The minimum absolute atomic E-state index is 0.00819. The number of carbonyl (C=O) groups is 1. The van der Waals surface area contributed by atoms with Crippen LogP contribution in [0, 0.1) is 6.92 Å². The number of benzene rings is 1. The highest BCUT2D eigenvalue weighted by molar-refractivity contribution is 6.10. The van der Waals surface area contributed by atoms with Crippen molar-refractivity contribution in [2.24, 2.45) is 0 Å². The first-order valence-corrected chi connectivity index (χ1v) is 5.98. The van der Waals surface area contributed by atoms with E-state index < -0.39 is 0 Å². The number of aryl methyl sites for hydroxylation is 2. The third-order valence-corrected chi connectivity index (χ3v) is 2.74. The van der Waals surface area contributed by atoms with E-state index in [4.69, 9.17) is 0 Å². The summed E-state index contributed by atoms with van der Waals surface area (Å²) in [6, 6.07) is 5.00. The quantitative estimate of drug-likeness (QED) is 0.841. The average Bonchev–Trinajstić information content (AvgIpc) is 2.80. The van der Waals surface area contributed by atoms with E-state index in [2.05, 4.69) is 12.0 Å². The molecule has 0 saturated carbocycles. The molecule has 1 aromatic carbocycles. The molecule has 0 saturated heterocycles. The number of phenolic OH excluding ortho intramolecular Hbond substituents is 1. The molecule has 0 aliphatic carbocycles. The van der Waals surface area contributed by atoms with Crippen LogP contribution in [0.4, 0.5) is 0 Å². The Bertz CT molecular complexity index is 573. The second-order valence-corrected chi connectivity index (χ2v) is 4.34. The number of aromatic nitrogens is 2. The Morgan fingerprint density at radius 1 is 1.44 bits per heavy atom. The molecule has 0 radical (unpaired) electrons. The lowest BCUT2D eigenvalue weighted by Crippen LogP contribution is -2.01. The van der Waals surface area contributed by atoms with E-state index in [0.29, 0.717) is 11.1 Å². The van der Waals surface area contributed by atoms with Gasteiger partial charge in [0.25, 0.3) is 0 Å². The largest absolute Gasteiger partial charge is 0.507 e. The number of phenols is 1. The van der Waals surface area contributed by atoms with Crippen molar-refractivity contribution in [2.75, 3.05) is 0 Å². The van der Waals surface area contributed by atoms with E-state index in [9.17, 15) is 9.90 Å². The Labute approximate surface area is 106 Å². The molecule has 1 aromatic heterocycles. The van der Waals surface area contributed by atoms with Gasteiger partial charge in [0.05, 0.1) is 17.3 Å². The lowest BCUT2D eigenvalue weighted by molar-refractivity contribution is 0.103. The van der Waals surface area contributed by atoms with Gasteiger partial charge in [-0.15, -0.1) is 0 Å². The Balaban J connectivity index is 2.32. The zero-order chi connectivity index (χ0) is 13.1. The Morgan fingerprint density at radius 2 is 2.22 bits per heavy atom. The van der Waals surface area contributed by atoms with Gasteiger partial charge in [-0.1, -0.05) is 18.6 Å². The van der Waals surface area contributed by atoms with Crippen LogP contribution in [0.25, 0.3) is 0 Å². The molecule has 0 atom stereocenters. The maximum Gasteiger partial charge on any atom is 0.199 e. The van der Waals surface area contributed by atoms with Gasteiger partial charge in [0.2, 0.25) is 0 Å². The SMILES string of the molecule is CCCn1cc(C(=O)c2cc(C)ccc2O)cn1. The number of hydrogen-bond donors (Lipinski definition) is 1. The highest BCUT2D eigenvalue weighted by Crippen LogP contribution is 2.21. The first-order valence-electron chi connectivity index (χ1n) is 5.98. The van der Waals surface area contributed by atoms with E-state index in [1.54, 1.807) is 35.3 Å². The number of rotatable bonds is 4. The lowest BCUT2D eigenvalue weighted by atomic mass is 10.0. The average molecular weight is 244 g/mol. The summed E-state index contributed by atoms with van der Waals surface area (Å²) in [6.45, 7) is 4.72. The van der Waals surface area contributed by atoms with E-state index in [-0.39, 0.29) is 11.5 Å². The van der Waals surface area contributed by atoms with Crippen LogP contribution in [0.3, 0.4) is 0 Å². The zero-order valence-corrected chi connectivity index (χ0v) is 10.6. The van der Waals surface area contributed by atoms with Crippen molar-refractivity contribution in [3.63, 3.8) is 0 Å². The summed E-state index contributed by atoms with van der Waals surface area (Å²) in [5, 5.41) is 13.8. The molecular weight excluding hydrogens is 228 g/mol. The Kier molecular flexibility index (Phi) is 3.46. The topological polar surface area (TPSA) is 55.1 Å². The molecule has 0 aliphatic heterocycles. The molecular formula is C14H16N2O2. The lowest BCUT2D eigenvalue weighted by Gasteiger charge is -2.03. The summed E-state index contributed by atoms with van der Waals surface area (Å²) in [4.78, 5) is 12.2. The van der Waals surface area contributed by atoms with Gasteiger partial charge in [0, 0.05) is 12.7 Å². The van der Waals surface area contributed by atoms with Crippen molar-refractivity contribution in [2.45, 2.75) is 26.8 Å². The van der Waals surface area contributed by atoms with Crippen LogP contribution in [0.1, 0.15) is 34.8 Å². The molecule has 0 fully saturated rings. The van der Waals surface area contributed by atoms with Gasteiger partial charge in [-0.25, -0.2) is 0 Å². The standard InChI is InChI=1S/C14H16N2O2/c1-3-6-16-9-11(8-15-16)14(18)12-7-10(2)4-5-13(12)17/h4-5,7-9,17H,3,6H2,1-2H3. The molecule has 94 valence electrons. The first-order chi connectivity index (χ1) is 8.61. The van der Waals surface area contributed by atoms with Crippen LogP contribution in [-0.2, 0) is 6.54 Å². The predicted molar refractivity (Wildman–Crippen MR) is 68.8 cm³/mol. The van der Waals surface area contributed by atoms with Gasteiger partial charge < -0.3 is 5.11 Å². The highest BCUT2D eigenvalue weighted by atomic mass is 16.3. The highest BCUT2D eigenvalue weighted by Gasteiger charge is 2.15. The summed E-state index contributed by atoms with van der Waals surface area (Å²) < 4.78 is 1.74. The summed E-state index contributed by atoms with van der Waals surface area (Å²) in [5.41, 5.74) is 1.77. The maximum absolute atomic E-state index is 12.2. The minimum atomic E-state index is -0.196. The number of nitrogens with zero attached hydrogens (tertiary/aromatic N) is 2. The van der Waals surface area contributed by atoms with Gasteiger partial charge in [0.1, 0.15) is 5.75 Å².